The molecule has 0 aliphatic rings. The Labute approximate surface area is 138 Å². The zero-order valence-electron chi connectivity index (χ0n) is 13.4. The van der Waals surface area contributed by atoms with Crippen LogP contribution in [0.2, 0.25) is 0 Å². The number of hydrogen-bond donors (Lipinski definition) is 2. The van der Waals surface area contributed by atoms with Gasteiger partial charge in [0.15, 0.2) is 10.0 Å². The molecule has 0 aliphatic carbocycles. The molecule has 0 spiro atoms. The van der Waals surface area contributed by atoms with Gasteiger partial charge < -0.3 is 20.7 Å². The maximum absolute atomic E-state index is 12.0. The fraction of sp³-hybridized carbons (Fsp3) is 0.615. The maximum Gasteiger partial charge on any atom is 0.410 e. The summed E-state index contributed by atoms with van der Waals surface area (Å²) >= 11 is 2.72. The summed E-state index contributed by atoms with van der Waals surface area (Å²) in [4.78, 5) is 29.3. The molecule has 0 fully saturated rings. The standard InChI is InChI=1S/C13H22N4O3S2/c1-13(2,3)20-12(19)17(4)7-6-15-10(18)8-9(14)22-11(16-8)21-5/h6-7,14H2,1-5H3,(H,15,18). The van der Waals surface area contributed by atoms with Crippen molar-refractivity contribution in [3.8, 4) is 0 Å². The first kappa shape index (κ1) is 18.6. The van der Waals surface area contributed by atoms with E-state index in [-0.39, 0.29) is 11.6 Å². The van der Waals surface area contributed by atoms with Crippen molar-refractivity contribution in [3.05, 3.63) is 5.69 Å². The molecule has 0 aliphatic heterocycles. The van der Waals surface area contributed by atoms with Crippen LogP contribution in [0.4, 0.5) is 9.80 Å². The molecule has 1 rings (SSSR count). The van der Waals surface area contributed by atoms with Crippen molar-refractivity contribution in [2.45, 2.75) is 30.7 Å². The number of carbonyl (C=O) groups is 2. The van der Waals surface area contributed by atoms with E-state index >= 15 is 0 Å². The van der Waals surface area contributed by atoms with E-state index in [2.05, 4.69) is 10.3 Å². The molecule has 0 saturated heterocycles. The second kappa shape index (κ2) is 7.68. The summed E-state index contributed by atoms with van der Waals surface area (Å²) in [6.07, 6.45) is 1.44. The molecule has 0 atom stereocenters. The van der Waals surface area contributed by atoms with E-state index in [1.54, 1.807) is 27.8 Å². The minimum Gasteiger partial charge on any atom is -0.444 e. The van der Waals surface area contributed by atoms with Crippen LogP contribution in [-0.2, 0) is 4.74 Å². The number of nitrogens with one attached hydrogen (secondary N) is 1. The molecule has 0 unspecified atom stereocenters. The number of amides is 2. The number of aromatic nitrogens is 1. The second-order valence-corrected chi connectivity index (χ2v) is 7.64. The largest absolute Gasteiger partial charge is 0.444 e. The van der Waals surface area contributed by atoms with Gasteiger partial charge in [0.25, 0.3) is 5.91 Å². The van der Waals surface area contributed by atoms with Crippen molar-refractivity contribution >= 4 is 40.1 Å². The van der Waals surface area contributed by atoms with Crippen molar-refractivity contribution in [2.75, 3.05) is 32.1 Å². The van der Waals surface area contributed by atoms with Crippen LogP contribution in [0.1, 0.15) is 31.3 Å². The average molecular weight is 346 g/mol. The first-order valence-corrected chi connectivity index (χ1v) is 8.70. The van der Waals surface area contributed by atoms with Gasteiger partial charge in [0.2, 0.25) is 0 Å². The summed E-state index contributed by atoms with van der Waals surface area (Å²) < 4.78 is 5.96. The third kappa shape index (κ3) is 5.72. The Hall–Kier alpha value is -1.48. The van der Waals surface area contributed by atoms with Crippen LogP contribution >= 0.6 is 23.1 Å². The number of thioether (sulfide) groups is 1. The molecule has 1 heterocycles. The van der Waals surface area contributed by atoms with Crippen LogP contribution in [0, 0.1) is 0 Å². The number of anilines is 1. The molecule has 9 heteroatoms. The van der Waals surface area contributed by atoms with Gasteiger partial charge in [-0.1, -0.05) is 23.1 Å². The van der Waals surface area contributed by atoms with Crippen LogP contribution < -0.4 is 11.1 Å². The summed E-state index contributed by atoms with van der Waals surface area (Å²) in [5, 5.41) is 3.08. The van der Waals surface area contributed by atoms with Gasteiger partial charge in [-0.25, -0.2) is 9.78 Å². The van der Waals surface area contributed by atoms with Gasteiger partial charge in [0.1, 0.15) is 10.6 Å². The molecule has 7 nitrogen and oxygen atoms in total. The quantitative estimate of drug-likeness (QED) is 0.792. The lowest BCUT2D eigenvalue weighted by Crippen LogP contribution is -2.39. The highest BCUT2D eigenvalue weighted by atomic mass is 32.2. The highest BCUT2D eigenvalue weighted by molar-refractivity contribution is 8.00. The smallest absolute Gasteiger partial charge is 0.410 e. The lowest BCUT2D eigenvalue weighted by atomic mass is 10.2. The number of nitrogens with two attached hydrogens (primary N) is 1. The maximum atomic E-state index is 12.0. The Morgan fingerprint density at radius 1 is 1.45 bits per heavy atom. The minimum atomic E-state index is -0.544. The van der Waals surface area contributed by atoms with Gasteiger partial charge in [-0.05, 0) is 27.0 Å². The first-order chi connectivity index (χ1) is 10.1. The Morgan fingerprint density at radius 3 is 2.59 bits per heavy atom. The van der Waals surface area contributed by atoms with Gasteiger partial charge in [0.05, 0.1) is 0 Å². The zero-order valence-corrected chi connectivity index (χ0v) is 15.1. The lowest BCUT2D eigenvalue weighted by Gasteiger charge is -2.24. The predicted octanol–water partition coefficient (Wildman–Crippen LogP) is 2.04. The van der Waals surface area contributed by atoms with E-state index in [9.17, 15) is 9.59 Å². The molecular formula is C13H22N4O3S2. The summed E-state index contributed by atoms with van der Waals surface area (Å²) in [6.45, 7) is 6.03. The molecule has 124 valence electrons. The van der Waals surface area contributed by atoms with E-state index < -0.39 is 11.7 Å². The molecule has 3 N–H and O–H groups in total. The number of nitrogen functional groups attached to an aromatic ring is 1. The molecule has 0 saturated carbocycles. The molecule has 2 amide bonds. The van der Waals surface area contributed by atoms with Crippen LogP contribution in [0.5, 0.6) is 0 Å². The van der Waals surface area contributed by atoms with Gasteiger partial charge in [0, 0.05) is 20.1 Å². The molecule has 22 heavy (non-hydrogen) atoms. The van der Waals surface area contributed by atoms with Crippen molar-refractivity contribution in [3.63, 3.8) is 0 Å². The molecule has 1 aromatic heterocycles. The summed E-state index contributed by atoms with van der Waals surface area (Å²) in [7, 11) is 1.61. The molecule has 0 radical (unpaired) electrons. The zero-order chi connectivity index (χ0) is 16.9. The number of carbonyl (C=O) groups excluding carboxylic acids is 2. The molecule has 1 aromatic rings. The normalized spacial score (nSPS) is 11.1. The number of hydrogen-bond acceptors (Lipinski definition) is 7. The average Bonchev–Trinajstić information content (AvgIpc) is 2.77. The van der Waals surface area contributed by atoms with Crippen molar-refractivity contribution < 1.29 is 14.3 Å². The van der Waals surface area contributed by atoms with E-state index in [1.807, 2.05) is 6.26 Å². The fourth-order valence-electron chi connectivity index (χ4n) is 1.41. The molecule has 0 bridgehead atoms. The summed E-state index contributed by atoms with van der Waals surface area (Å²) in [6, 6.07) is 0. The minimum absolute atomic E-state index is 0.231. The monoisotopic (exact) mass is 346 g/mol. The molecular weight excluding hydrogens is 324 g/mol. The number of thiazole rings is 1. The van der Waals surface area contributed by atoms with Crippen molar-refractivity contribution in [1.29, 1.82) is 0 Å². The Bertz CT molecular complexity index is 540. The fourth-order valence-corrected chi connectivity index (χ4v) is 2.76. The third-order valence-corrected chi connectivity index (χ3v) is 4.33. The van der Waals surface area contributed by atoms with Gasteiger partial charge >= 0.3 is 6.09 Å². The second-order valence-electron chi connectivity index (χ2n) is 5.55. The Balaban J connectivity index is 2.44. The van der Waals surface area contributed by atoms with Gasteiger partial charge in [-0.2, -0.15) is 0 Å². The highest BCUT2D eigenvalue weighted by Gasteiger charge is 2.20. The van der Waals surface area contributed by atoms with E-state index in [1.165, 1.54) is 28.0 Å². The SMILES string of the molecule is CSc1nc(C(=O)NCCN(C)C(=O)OC(C)(C)C)c(N)s1. The van der Waals surface area contributed by atoms with Gasteiger partial charge in [-0.15, -0.1) is 0 Å². The third-order valence-electron chi connectivity index (χ3n) is 2.46. The topological polar surface area (TPSA) is 97.5 Å². The first-order valence-electron chi connectivity index (χ1n) is 6.66. The predicted molar refractivity (Wildman–Crippen MR) is 89.5 cm³/mol. The van der Waals surface area contributed by atoms with E-state index in [4.69, 9.17) is 10.5 Å². The summed E-state index contributed by atoms with van der Waals surface area (Å²) in [5.41, 5.74) is 5.45. The van der Waals surface area contributed by atoms with Crippen LogP contribution in [0.3, 0.4) is 0 Å². The number of ether oxygens (including phenoxy) is 1. The highest BCUT2D eigenvalue weighted by Crippen LogP contribution is 2.27. The summed E-state index contributed by atoms with van der Waals surface area (Å²) in [5.74, 6) is -0.341. The van der Waals surface area contributed by atoms with Gasteiger partial charge in [-0.3, -0.25) is 4.79 Å². The lowest BCUT2D eigenvalue weighted by molar-refractivity contribution is 0.0299. The van der Waals surface area contributed by atoms with E-state index in [0.717, 1.165) is 4.34 Å². The van der Waals surface area contributed by atoms with Crippen LogP contribution in [0.15, 0.2) is 4.34 Å². The van der Waals surface area contributed by atoms with Crippen molar-refractivity contribution in [2.24, 2.45) is 0 Å². The number of nitrogens with zero attached hydrogens (tertiary/aromatic N) is 2. The van der Waals surface area contributed by atoms with E-state index in [0.29, 0.717) is 18.1 Å². The Morgan fingerprint density at radius 2 is 2.09 bits per heavy atom. The van der Waals surface area contributed by atoms with Crippen molar-refractivity contribution in [1.82, 2.24) is 15.2 Å². The van der Waals surface area contributed by atoms with Crippen LogP contribution in [0.25, 0.3) is 0 Å². The number of likely N-dealkylation sites (N-methyl/N-ethyl adjacent to an activating group) is 1. The van der Waals surface area contributed by atoms with Crippen LogP contribution in [-0.4, -0.2) is 53.9 Å². The molecule has 0 aromatic carbocycles. The Kier molecular flexibility index (Phi) is 6.48. The number of rotatable bonds is 5.